The lowest BCUT2D eigenvalue weighted by atomic mass is 10.0. The first-order valence-corrected chi connectivity index (χ1v) is 8.88. The predicted octanol–water partition coefficient (Wildman–Crippen LogP) is 3.56. The van der Waals surface area contributed by atoms with Gasteiger partial charge in [-0.1, -0.05) is 51.7 Å². The molecule has 0 spiro atoms. The van der Waals surface area contributed by atoms with E-state index in [0.29, 0.717) is 29.1 Å². The lowest BCUT2D eigenvalue weighted by Crippen LogP contribution is -2.36. The summed E-state index contributed by atoms with van der Waals surface area (Å²) in [5, 5.41) is 0.526. The fourth-order valence-electron chi connectivity index (χ4n) is 3.46. The molecule has 3 rings (SSSR count). The van der Waals surface area contributed by atoms with Crippen molar-refractivity contribution < 1.29 is 4.79 Å². The highest BCUT2D eigenvalue weighted by Crippen LogP contribution is 2.28. The van der Waals surface area contributed by atoms with Gasteiger partial charge in [-0.25, -0.2) is 9.66 Å². The van der Waals surface area contributed by atoms with Crippen molar-refractivity contribution in [3.8, 4) is 0 Å². The van der Waals surface area contributed by atoms with E-state index in [1.165, 1.54) is 30.4 Å². The summed E-state index contributed by atoms with van der Waals surface area (Å²) in [5.41, 5.74) is 3.24. The number of nitrogens with zero attached hydrogens (tertiary/aromatic N) is 2. The molecule has 1 aliphatic carbocycles. The van der Waals surface area contributed by atoms with E-state index in [2.05, 4.69) is 10.4 Å². The molecule has 24 heavy (non-hydrogen) atoms. The number of nitrogens with one attached hydrogen (secondary N) is 1. The number of rotatable bonds is 5. The van der Waals surface area contributed by atoms with Crippen molar-refractivity contribution in [3.05, 3.63) is 40.4 Å². The molecule has 1 saturated carbocycles. The highest BCUT2D eigenvalue weighted by Gasteiger charge is 2.18. The summed E-state index contributed by atoms with van der Waals surface area (Å²) in [5.74, 6) is 1.18. The van der Waals surface area contributed by atoms with Crippen LogP contribution in [0.1, 0.15) is 64.1 Å². The minimum atomic E-state index is -0.210. The maximum Gasteiger partial charge on any atom is 0.280 e. The van der Waals surface area contributed by atoms with Gasteiger partial charge >= 0.3 is 0 Å². The van der Waals surface area contributed by atoms with Gasteiger partial charge in [-0.3, -0.25) is 15.0 Å². The fraction of sp³-hybridized carbons (Fsp3) is 0.526. The number of fused-ring (bicyclic) bond motifs is 1. The smallest absolute Gasteiger partial charge is 0.273 e. The van der Waals surface area contributed by atoms with Crippen LogP contribution in [0, 0.1) is 5.92 Å². The Bertz CT molecular complexity index is 789. The third kappa shape index (κ3) is 3.50. The Morgan fingerprint density at radius 3 is 2.71 bits per heavy atom. The lowest BCUT2D eigenvalue weighted by molar-refractivity contribution is -0.117. The molecule has 128 valence electrons. The summed E-state index contributed by atoms with van der Waals surface area (Å²) in [4.78, 5) is 29.7. The fourth-order valence-corrected chi connectivity index (χ4v) is 3.46. The zero-order chi connectivity index (χ0) is 17.1. The number of aromatic nitrogens is 2. The van der Waals surface area contributed by atoms with Crippen LogP contribution in [0.4, 0.5) is 0 Å². The van der Waals surface area contributed by atoms with Crippen LogP contribution in [0.25, 0.3) is 10.9 Å². The standard InChI is InChI=1S/C19H25N3O2/c1-13(2)18-20-16-10-6-5-9-15(16)19(24)22(18)21-17(23)12-11-14-7-3-4-8-14/h5-6,9-10,13-14H,3-4,7-8,11-12H2,1-2H3,(H,21,23). The Labute approximate surface area is 142 Å². The minimum absolute atomic E-state index is 0.0393. The number of hydrogen-bond acceptors (Lipinski definition) is 3. The molecule has 1 aromatic carbocycles. The van der Waals surface area contributed by atoms with E-state index in [9.17, 15) is 9.59 Å². The van der Waals surface area contributed by atoms with E-state index in [1.54, 1.807) is 6.07 Å². The first-order chi connectivity index (χ1) is 11.6. The minimum Gasteiger partial charge on any atom is -0.273 e. The molecule has 5 nitrogen and oxygen atoms in total. The largest absolute Gasteiger partial charge is 0.280 e. The van der Waals surface area contributed by atoms with Gasteiger partial charge in [0.15, 0.2) is 0 Å². The molecule has 2 aromatic rings. The van der Waals surface area contributed by atoms with Crippen molar-refractivity contribution in [2.24, 2.45) is 5.92 Å². The van der Waals surface area contributed by atoms with Crippen LogP contribution in [-0.4, -0.2) is 15.6 Å². The van der Waals surface area contributed by atoms with Crippen LogP contribution in [0.2, 0.25) is 0 Å². The SMILES string of the molecule is CC(C)c1nc2ccccc2c(=O)n1NC(=O)CCC1CCCC1. The first-order valence-electron chi connectivity index (χ1n) is 8.88. The van der Waals surface area contributed by atoms with Crippen molar-refractivity contribution >= 4 is 16.8 Å². The highest BCUT2D eigenvalue weighted by atomic mass is 16.2. The zero-order valence-electron chi connectivity index (χ0n) is 14.4. The van der Waals surface area contributed by atoms with Gasteiger partial charge in [0, 0.05) is 12.3 Å². The maximum absolute atomic E-state index is 12.8. The van der Waals surface area contributed by atoms with Gasteiger partial charge < -0.3 is 0 Å². The average molecular weight is 327 g/mol. The van der Waals surface area contributed by atoms with Gasteiger partial charge in [0.25, 0.3) is 5.56 Å². The van der Waals surface area contributed by atoms with Gasteiger partial charge in [-0.15, -0.1) is 0 Å². The number of hydrogen-bond donors (Lipinski definition) is 1. The monoisotopic (exact) mass is 327 g/mol. The van der Waals surface area contributed by atoms with Crippen LogP contribution in [0.5, 0.6) is 0 Å². The second kappa shape index (κ2) is 7.16. The molecule has 0 aliphatic heterocycles. The molecule has 1 aliphatic rings. The Kier molecular flexibility index (Phi) is 4.97. The van der Waals surface area contributed by atoms with E-state index in [0.717, 1.165) is 6.42 Å². The predicted molar refractivity (Wildman–Crippen MR) is 95.7 cm³/mol. The summed E-state index contributed by atoms with van der Waals surface area (Å²) in [7, 11) is 0. The molecule has 5 heteroatoms. The van der Waals surface area contributed by atoms with Crippen molar-refractivity contribution in [1.82, 2.24) is 9.66 Å². The molecule has 1 fully saturated rings. The van der Waals surface area contributed by atoms with Gasteiger partial charge in [0.05, 0.1) is 10.9 Å². The second-order valence-electron chi connectivity index (χ2n) is 7.01. The molecule has 1 heterocycles. The van der Waals surface area contributed by atoms with Gasteiger partial charge in [0.2, 0.25) is 5.91 Å². The van der Waals surface area contributed by atoms with E-state index < -0.39 is 0 Å². The average Bonchev–Trinajstić information content (AvgIpc) is 3.08. The van der Waals surface area contributed by atoms with Crippen molar-refractivity contribution in [1.29, 1.82) is 0 Å². The third-order valence-corrected chi connectivity index (χ3v) is 4.81. The molecule has 1 N–H and O–H groups in total. The molecular weight excluding hydrogens is 302 g/mol. The van der Waals surface area contributed by atoms with Crippen LogP contribution in [-0.2, 0) is 4.79 Å². The summed E-state index contributed by atoms with van der Waals surface area (Å²) in [6, 6.07) is 7.25. The quantitative estimate of drug-likeness (QED) is 0.913. The topological polar surface area (TPSA) is 64.0 Å². The van der Waals surface area contributed by atoms with Crippen LogP contribution in [0.15, 0.2) is 29.1 Å². The summed E-state index contributed by atoms with van der Waals surface area (Å²) < 4.78 is 1.34. The van der Waals surface area contributed by atoms with E-state index in [1.807, 2.05) is 32.0 Å². The summed E-state index contributed by atoms with van der Waals surface area (Å²) in [6.07, 6.45) is 6.36. The Balaban J connectivity index is 1.84. The zero-order valence-corrected chi connectivity index (χ0v) is 14.4. The molecule has 1 aromatic heterocycles. The molecule has 0 atom stereocenters. The molecular formula is C19H25N3O2. The highest BCUT2D eigenvalue weighted by molar-refractivity contribution is 5.84. The van der Waals surface area contributed by atoms with Gasteiger partial charge in [-0.2, -0.15) is 0 Å². The molecule has 0 bridgehead atoms. The van der Waals surface area contributed by atoms with Gasteiger partial charge in [-0.05, 0) is 24.5 Å². The molecule has 0 unspecified atom stereocenters. The van der Waals surface area contributed by atoms with E-state index >= 15 is 0 Å². The molecule has 1 amide bonds. The number of carbonyl (C=O) groups excluding carboxylic acids is 1. The van der Waals surface area contributed by atoms with Crippen molar-refractivity contribution in [3.63, 3.8) is 0 Å². The van der Waals surface area contributed by atoms with E-state index in [4.69, 9.17) is 0 Å². The third-order valence-electron chi connectivity index (χ3n) is 4.81. The summed E-state index contributed by atoms with van der Waals surface area (Å²) >= 11 is 0. The lowest BCUT2D eigenvalue weighted by Gasteiger charge is -2.17. The Hall–Kier alpha value is -2.17. The molecule has 0 saturated heterocycles. The summed E-state index contributed by atoms with van der Waals surface area (Å²) in [6.45, 7) is 3.94. The van der Waals surface area contributed by atoms with Crippen molar-refractivity contribution in [2.75, 3.05) is 5.43 Å². The second-order valence-corrected chi connectivity index (χ2v) is 7.01. The van der Waals surface area contributed by atoms with Crippen LogP contribution >= 0.6 is 0 Å². The number of benzene rings is 1. The first kappa shape index (κ1) is 16.7. The maximum atomic E-state index is 12.8. The normalized spacial score (nSPS) is 15.3. The van der Waals surface area contributed by atoms with Crippen molar-refractivity contribution in [2.45, 2.75) is 58.3 Å². The Morgan fingerprint density at radius 1 is 1.29 bits per heavy atom. The number of amides is 1. The molecule has 0 radical (unpaired) electrons. The van der Waals surface area contributed by atoms with Crippen LogP contribution < -0.4 is 11.0 Å². The number of carbonyl (C=O) groups is 1. The van der Waals surface area contributed by atoms with Gasteiger partial charge in [0.1, 0.15) is 5.82 Å². The number of para-hydroxylation sites is 1. The van der Waals surface area contributed by atoms with E-state index in [-0.39, 0.29) is 17.4 Å². The Morgan fingerprint density at radius 2 is 2.00 bits per heavy atom. The van der Waals surface area contributed by atoms with Crippen LogP contribution in [0.3, 0.4) is 0 Å².